The number of aryl methyl sites for hydroxylation is 1. The molecule has 35 heavy (non-hydrogen) atoms. The normalized spacial score (nSPS) is 16.0. The van der Waals surface area contributed by atoms with Crippen LogP contribution >= 0.6 is 0 Å². The molecule has 0 saturated carbocycles. The van der Waals surface area contributed by atoms with Gasteiger partial charge >= 0.3 is 0 Å². The Kier molecular flexibility index (Phi) is 5.88. The molecule has 6 rings (SSSR count). The van der Waals surface area contributed by atoms with Crippen molar-refractivity contribution < 1.29 is 9.53 Å². The number of aromatic nitrogens is 3. The molecule has 2 aromatic heterocycles. The van der Waals surface area contributed by atoms with E-state index in [1.165, 1.54) is 11.1 Å². The zero-order valence-electron chi connectivity index (χ0n) is 20.2. The molecule has 7 nitrogen and oxygen atoms in total. The molecular weight excluding hydrogens is 438 g/mol. The third-order valence-corrected chi connectivity index (χ3v) is 7.21. The van der Waals surface area contributed by atoms with Crippen LogP contribution in [0.15, 0.2) is 54.7 Å². The topological polar surface area (TPSA) is 64.3 Å². The SMILES string of the molecule is Cc1ccc(-n2nc(C(=O)Nc3ccc4c(ccn4CCN4CCOCC4)c3)c3c2CCC3)cc1. The monoisotopic (exact) mass is 469 g/mol. The lowest BCUT2D eigenvalue weighted by Gasteiger charge is -2.26. The van der Waals surface area contributed by atoms with Gasteiger partial charge in [-0.25, -0.2) is 4.68 Å². The van der Waals surface area contributed by atoms with Crippen molar-refractivity contribution in [2.45, 2.75) is 32.7 Å². The highest BCUT2D eigenvalue weighted by atomic mass is 16.5. The minimum absolute atomic E-state index is 0.139. The first-order valence-electron chi connectivity index (χ1n) is 12.5. The maximum Gasteiger partial charge on any atom is 0.276 e. The summed E-state index contributed by atoms with van der Waals surface area (Å²) < 4.78 is 9.68. The van der Waals surface area contributed by atoms with E-state index in [0.29, 0.717) is 5.69 Å². The second-order valence-corrected chi connectivity index (χ2v) is 9.57. The Morgan fingerprint density at radius 2 is 1.86 bits per heavy atom. The van der Waals surface area contributed by atoms with Crippen molar-refractivity contribution in [3.05, 3.63) is 77.2 Å². The number of hydrogen-bond acceptors (Lipinski definition) is 4. The van der Waals surface area contributed by atoms with Gasteiger partial charge in [-0.2, -0.15) is 5.10 Å². The summed E-state index contributed by atoms with van der Waals surface area (Å²) in [5.41, 5.74) is 6.98. The van der Waals surface area contributed by atoms with Gasteiger partial charge in [-0.15, -0.1) is 0 Å². The van der Waals surface area contributed by atoms with Crippen molar-refractivity contribution in [2.75, 3.05) is 38.2 Å². The fourth-order valence-electron chi connectivity index (χ4n) is 5.26. The molecule has 0 atom stereocenters. The molecule has 1 N–H and O–H groups in total. The van der Waals surface area contributed by atoms with Crippen LogP contribution in [0.4, 0.5) is 5.69 Å². The Labute approximate surface area is 205 Å². The van der Waals surface area contributed by atoms with E-state index < -0.39 is 0 Å². The van der Waals surface area contributed by atoms with Gasteiger partial charge in [0.2, 0.25) is 0 Å². The lowest BCUT2D eigenvalue weighted by atomic mass is 10.1. The summed E-state index contributed by atoms with van der Waals surface area (Å²) in [6.45, 7) is 7.67. The van der Waals surface area contributed by atoms with Gasteiger partial charge in [-0.3, -0.25) is 9.69 Å². The third kappa shape index (κ3) is 4.37. The number of anilines is 1. The van der Waals surface area contributed by atoms with E-state index in [4.69, 9.17) is 9.84 Å². The van der Waals surface area contributed by atoms with Crippen LogP contribution < -0.4 is 5.32 Å². The molecule has 0 unspecified atom stereocenters. The van der Waals surface area contributed by atoms with Crippen LogP contribution in [-0.4, -0.2) is 58.0 Å². The van der Waals surface area contributed by atoms with Gasteiger partial charge in [0.15, 0.2) is 5.69 Å². The first-order valence-corrected chi connectivity index (χ1v) is 12.5. The number of nitrogens with one attached hydrogen (secondary N) is 1. The summed E-state index contributed by atoms with van der Waals surface area (Å²) in [6, 6.07) is 16.6. The Morgan fingerprint density at radius 3 is 2.69 bits per heavy atom. The summed E-state index contributed by atoms with van der Waals surface area (Å²) in [4.78, 5) is 15.7. The Hall–Kier alpha value is -3.42. The van der Waals surface area contributed by atoms with Gasteiger partial charge in [-0.1, -0.05) is 17.7 Å². The summed E-state index contributed by atoms with van der Waals surface area (Å²) in [5.74, 6) is -0.139. The number of nitrogens with zero attached hydrogens (tertiary/aromatic N) is 4. The minimum atomic E-state index is -0.139. The van der Waals surface area contributed by atoms with E-state index in [-0.39, 0.29) is 5.91 Å². The highest BCUT2D eigenvalue weighted by Gasteiger charge is 2.27. The molecule has 0 radical (unpaired) electrons. The first-order chi connectivity index (χ1) is 17.2. The molecule has 0 bridgehead atoms. The number of hydrogen-bond donors (Lipinski definition) is 1. The summed E-state index contributed by atoms with van der Waals surface area (Å²) in [6.07, 6.45) is 5.04. The van der Waals surface area contributed by atoms with E-state index in [1.54, 1.807) is 0 Å². The quantitative estimate of drug-likeness (QED) is 0.460. The van der Waals surface area contributed by atoms with Crippen LogP contribution in [0.1, 0.15) is 33.7 Å². The predicted octanol–water partition coefficient (Wildman–Crippen LogP) is 4.21. The van der Waals surface area contributed by atoms with Crippen LogP contribution in [-0.2, 0) is 24.1 Å². The zero-order valence-corrected chi connectivity index (χ0v) is 20.2. The maximum atomic E-state index is 13.3. The lowest BCUT2D eigenvalue weighted by molar-refractivity contribution is 0.0365. The zero-order chi connectivity index (χ0) is 23.8. The van der Waals surface area contributed by atoms with E-state index >= 15 is 0 Å². The van der Waals surface area contributed by atoms with Crippen LogP contribution in [0.2, 0.25) is 0 Å². The largest absolute Gasteiger partial charge is 0.379 e. The number of morpholine rings is 1. The van der Waals surface area contributed by atoms with E-state index in [9.17, 15) is 4.79 Å². The van der Waals surface area contributed by atoms with E-state index in [1.807, 2.05) is 10.7 Å². The van der Waals surface area contributed by atoms with Crippen LogP contribution in [0.3, 0.4) is 0 Å². The fraction of sp³-hybridized carbons (Fsp3) is 0.357. The van der Waals surface area contributed by atoms with Gasteiger partial charge in [0.25, 0.3) is 5.91 Å². The van der Waals surface area contributed by atoms with Crippen molar-refractivity contribution >= 4 is 22.5 Å². The lowest BCUT2D eigenvalue weighted by Crippen LogP contribution is -2.38. The van der Waals surface area contributed by atoms with E-state index in [0.717, 1.165) is 86.7 Å². The molecular formula is C28H31N5O2. The summed E-state index contributed by atoms with van der Waals surface area (Å²) in [5, 5.41) is 8.98. The number of fused-ring (bicyclic) bond motifs is 2. The molecule has 1 amide bonds. The molecule has 1 aliphatic heterocycles. The van der Waals surface area contributed by atoms with E-state index in [2.05, 4.69) is 70.4 Å². The Balaban J connectivity index is 1.20. The highest BCUT2D eigenvalue weighted by Crippen LogP contribution is 2.29. The van der Waals surface area contributed by atoms with Gasteiger partial charge in [-0.05, 0) is 62.6 Å². The number of rotatable bonds is 6. The Morgan fingerprint density at radius 1 is 1.03 bits per heavy atom. The average Bonchev–Trinajstić information content (AvgIpc) is 3.59. The molecule has 180 valence electrons. The predicted molar refractivity (Wildman–Crippen MR) is 137 cm³/mol. The standard InChI is InChI=1S/C28H31N5O2/c1-20-5-8-23(9-6-20)33-26-4-2-3-24(26)27(30-33)28(34)29-22-7-10-25-21(19-22)11-12-32(25)14-13-31-15-17-35-18-16-31/h5-12,19H,2-4,13-18H2,1H3,(H,29,34). The average molecular weight is 470 g/mol. The van der Waals surface area contributed by atoms with Crippen molar-refractivity contribution in [1.82, 2.24) is 19.2 Å². The number of benzene rings is 2. The van der Waals surface area contributed by atoms with Crippen molar-refractivity contribution in [3.8, 4) is 5.69 Å². The van der Waals surface area contributed by atoms with Crippen LogP contribution in [0.5, 0.6) is 0 Å². The second kappa shape index (κ2) is 9.32. The third-order valence-electron chi connectivity index (χ3n) is 7.21. The number of carbonyl (C=O) groups is 1. The second-order valence-electron chi connectivity index (χ2n) is 9.57. The number of amides is 1. The van der Waals surface area contributed by atoms with Crippen molar-refractivity contribution in [3.63, 3.8) is 0 Å². The van der Waals surface area contributed by atoms with Crippen molar-refractivity contribution in [2.24, 2.45) is 0 Å². The minimum Gasteiger partial charge on any atom is -0.379 e. The molecule has 1 fully saturated rings. The van der Waals surface area contributed by atoms with Crippen molar-refractivity contribution in [1.29, 1.82) is 0 Å². The number of ether oxygens (including phenoxy) is 1. The maximum absolute atomic E-state index is 13.3. The highest BCUT2D eigenvalue weighted by molar-refractivity contribution is 6.05. The summed E-state index contributed by atoms with van der Waals surface area (Å²) >= 11 is 0. The van der Waals surface area contributed by atoms with Gasteiger partial charge in [0, 0.05) is 60.2 Å². The first kappa shape index (κ1) is 22.1. The van der Waals surface area contributed by atoms with Crippen LogP contribution in [0, 0.1) is 6.92 Å². The molecule has 1 aliphatic carbocycles. The molecule has 3 heterocycles. The number of carbonyl (C=O) groups excluding carboxylic acids is 1. The molecule has 2 aliphatic rings. The smallest absolute Gasteiger partial charge is 0.276 e. The van der Waals surface area contributed by atoms with Gasteiger partial charge < -0.3 is 14.6 Å². The van der Waals surface area contributed by atoms with Gasteiger partial charge in [0.1, 0.15) is 0 Å². The molecule has 2 aromatic carbocycles. The molecule has 7 heteroatoms. The van der Waals surface area contributed by atoms with Crippen LogP contribution in [0.25, 0.3) is 16.6 Å². The van der Waals surface area contributed by atoms with Gasteiger partial charge in [0.05, 0.1) is 18.9 Å². The fourth-order valence-corrected chi connectivity index (χ4v) is 5.26. The molecule has 4 aromatic rings. The molecule has 1 saturated heterocycles. The Bertz CT molecular complexity index is 1360. The molecule has 0 spiro atoms. The summed E-state index contributed by atoms with van der Waals surface area (Å²) in [7, 11) is 0.